The van der Waals surface area contributed by atoms with Gasteiger partial charge < -0.3 is 4.57 Å². The molecule has 0 spiro atoms. The zero-order chi connectivity index (χ0) is 13.7. The van der Waals surface area contributed by atoms with Gasteiger partial charge in [-0.05, 0) is 17.7 Å². The van der Waals surface area contributed by atoms with Crippen molar-refractivity contribution in [3.8, 4) is 0 Å². The molecule has 0 aliphatic rings. The Hall–Kier alpha value is -2.18. The summed E-state index contributed by atoms with van der Waals surface area (Å²) in [6.45, 7) is 0.636. The molecule has 0 bridgehead atoms. The highest BCUT2D eigenvalue weighted by Gasteiger charge is 2.02. The fourth-order valence-corrected chi connectivity index (χ4v) is 1.78. The first kappa shape index (κ1) is 13.3. The molecular formula is C12H13ClN6. The van der Waals surface area contributed by atoms with E-state index in [0.717, 1.165) is 17.0 Å². The SMILES string of the molecule is N=CN(N)/N=C/c1nccn1Cc1cccc(Cl)c1. The second kappa shape index (κ2) is 6.12. The molecule has 0 atom stereocenters. The molecule has 1 aromatic carbocycles. The van der Waals surface area contributed by atoms with Gasteiger partial charge in [-0.2, -0.15) is 10.2 Å². The zero-order valence-electron chi connectivity index (χ0n) is 10.1. The third-order valence-corrected chi connectivity index (χ3v) is 2.66. The highest BCUT2D eigenvalue weighted by atomic mass is 35.5. The van der Waals surface area contributed by atoms with Crippen molar-refractivity contribution in [2.24, 2.45) is 10.9 Å². The van der Waals surface area contributed by atoms with E-state index in [1.807, 2.05) is 35.0 Å². The van der Waals surface area contributed by atoms with Gasteiger partial charge in [0.2, 0.25) is 0 Å². The fraction of sp³-hybridized carbons (Fsp3) is 0.0833. The molecule has 0 saturated carbocycles. The highest BCUT2D eigenvalue weighted by molar-refractivity contribution is 6.30. The van der Waals surface area contributed by atoms with Gasteiger partial charge in [0.1, 0.15) is 6.34 Å². The van der Waals surface area contributed by atoms with E-state index in [2.05, 4.69) is 10.1 Å². The minimum Gasteiger partial charge on any atom is -0.326 e. The van der Waals surface area contributed by atoms with E-state index in [9.17, 15) is 0 Å². The number of hydrazone groups is 1. The van der Waals surface area contributed by atoms with Crippen molar-refractivity contribution in [2.45, 2.75) is 6.54 Å². The Morgan fingerprint density at radius 1 is 1.53 bits per heavy atom. The molecule has 98 valence electrons. The Morgan fingerprint density at radius 3 is 3.11 bits per heavy atom. The first-order chi connectivity index (χ1) is 9.19. The number of nitrogens with one attached hydrogen (secondary N) is 1. The van der Waals surface area contributed by atoms with Crippen molar-refractivity contribution in [1.29, 1.82) is 5.41 Å². The quantitative estimate of drug-likeness (QED) is 0.377. The molecule has 3 N–H and O–H groups in total. The number of benzene rings is 1. The van der Waals surface area contributed by atoms with Crippen LogP contribution in [0.15, 0.2) is 41.8 Å². The second-order valence-electron chi connectivity index (χ2n) is 3.80. The molecule has 0 fully saturated rings. The molecule has 0 unspecified atom stereocenters. The van der Waals surface area contributed by atoms with Crippen molar-refractivity contribution >= 4 is 24.2 Å². The fourth-order valence-electron chi connectivity index (χ4n) is 1.57. The normalized spacial score (nSPS) is 10.8. The maximum absolute atomic E-state index is 6.91. The summed E-state index contributed by atoms with van der Waals surface area (Å²) in [5.41, 5.74) is 1.07. The third-order valence-electron chi connectivity index (χ3n) is 2.43. The van der Waals surface area contributed by atoms with Gasteiger partial charge in [-0.25, -0.2) is 10.8 Å². The van der Waals surface area contributed by atoms with E-state index >= 15 is 0 Å². The summed E-state index contributed by atoms with van der Waals surface area (Å²) in [6.07, 6.45) is 5.92. The lowest BCUT2D eigenvalue weighted by Crippen LogP contribution is -2.23. The summed E-state index contributed by atoms with van der Waals surface area (Å²) in [7, 11) is 0. The second-order valence-corrected chi connectivity index (χ2v) is 4.23. The highest BCUT2D eigenvalue weighted by Crippen LogP contribution is 2.12. The number of hydrogen-bond donors (Lipinski definition) is 2. The summed E-state index contributed by atoms with van der Waals surface area (Å²) in [5.74, 6) is 6.00. The van der Waals surface area contributed by atoms with Gasteiger partial charge in [0.15, 0.2) is 5.82 Å². The molecule has 19 heavy (non-hydrogen) atoms. The lowest BCUT2D eigenvalue weighted by molar-refractivity contribution is 0.485. The number of hydrogen-bond acceptors (Lipinski definition) is 4. The number of aromatic nitrogens is 2. The van der Waals surface area contributed by atoms with Crippen LogP contribution in [0.25, 0.3) is 0 Å². The van der Waals surface area contributed by atoms with E-state index in [4.69, 9.17) is 22.9 Å². The predicted molar refractivity (Wildman–Crippen MR) is 75.2 cm³/mol. The number of nitrogens with two attached hydrogens (primary N) is 1. The Labute approximate surface area is 115 Å². The third kappa shape index (κ3) is 3.64. The van der Waals surface area contributed by atoms with Crippen molar-refractivity contribution in [1.82, 2.24) is 14.7 Å². The van der Waals surface area contributed by atoms with Crippen LogP contribution in [0.4, 0.5) is 0 Å². The summed E-state index contributed by atoms with van der Waals surface area (Å²) >= 11 is 5.95. The van der Waals surface area contributed by atoms with Crippen molar-refractivity contribution in [3.63, 3.8) is 0 Å². The monoisotopic (exact) mass is 276 g/mol. The van der Waals surface area contributed by atoms with E-state index in [0.29, 0.717) is 17.4 Å². The van der Waals surface area contributed by atoms with Crippen molar-refractivity contribution < 1.29 is 0 Å². The number of halogens is 1. The summed E-state index contributed by atoms with van der Waals surface area (Å²) in [5, 5.41) is 12.4. The lowest BCUT2D eigenvalue weighted by Gasteiger charge is -2.06. The molecule has 0 radical (unpaired) electrons. The molecule has 0 saturated heterocycles. The number of nitrogens with zero attached hydrogens (tertiary/aromatic N) is 4. The Kier molecular flexibility index (Phi) is 4.27. The largest absolute Gasteiger partial charge is 0.326 e. The van der Waals surface area contributed by atoms with E-state index in [1.165, 1.54) is 6.21 Å². The molecule has 1 aromatic heterocycles. The van der Waals surface area contributed by atoms with Crippen LogP contribution < -0.4 is 5.84 Å². The van der Waals surface area contributed by atoms with E-state index < -0.39 is 0 Å². The van der Waals surface area contributed by atoms with Gasteiger partial charge in [0, 0.05) is 24.0 Å². The van der Waals surface area contributed by atoms with Crippen molar-refractivity contribution in [3.05, 3.63) is 53.1 Å². The first-order valence-corrected chi connectivity index (χ1v) is 5.91. The van der Waals surface area contributed by atoms with Crippen LogP contribution in [0.3, 0.4) is 0 Å². The average molecular weight is 277 g/mol. The summed E-state index contributed by atoms with van der Waals surface area (Å²) < 4.78 is 1.91. The molecule has 2 aromatic rings. The molecule has 0 aliphatic heterocycles. The lowest BCUT2D eigenvalue weighted by atomic mass is 10.2. The molecule has 1 heterocycles. The molecule has 7 heteroatoms. The Bertz CT molecular complexity index is 591. The zero-order valence-corrected chi connectivity index (χ0v) is 10.8. The Morgan fingerprint density at radius 2 is 2.37 bits per heavy atom. The standard InChI is InChI=1S/C12H13ClN6/c13-11-3-1-2-10(6-11)8-18-5-4-16-12(18)7-17-19(15)9-14/h1-7,9,14H,8,15H2/b14-9?,17-7+. The van der Waals surface area contributed by atoms with Gasteiger partial charge in [0.25, 0.3) is 0 Å². The number of rotatable bonds is 5. The summed E-state index contributed by atoms with van der Waals surface area (Å²) in [4.78, 5) is 4.16. The molecule has 0 aliphatic carbocycles. The van der Waals surface area contributed by atoms with Gasteiger partial charge in [-0.3, -0.25) is 5.41 Å². The first-order valence-electron chi connectivity index (χ1n) is 5.53. The van der Waals surface area contributed by atoms with E-state index in [1.54, 1.807) is 6.20 Å². The molecule has 2 rings (SSSR count). The van der Waals surface area contributed by atoms with Crippen LogP contribution in [-0.4, -0.2) is 27.2 Å². The predicted octanol–water partition coefficient (Wildman–Crippen LogP) is 1.70. The number of hydrazine groups is 1. The van der Waals surface area contributed by atoms with Crippen molar-refractivity contribution in [2.75, 3.05) is 0 Å². The average Bonchev–Trinajstić information content (AvgIpc) is 2.83. The van der Waals surface area contributed by atoms with Crippen LogP contribution in [0, 0.1) is 5.41 Å². The van der Waals surface area contributed by atoms with Crippen LogP contribution in [0.1, 0.15) is 11.4 Å². The maximum atomic E-state index is 6.91. The van der Waals surface area contributed by atoms with Crippen LogP contribution in [0.5, 0.6) is 0 Å². The minimum atomic E-state index is 0.636. The van der Waals surface area contributed by atoms with E-state index in [-0.39, 0.29) is 0 Å². The minimum absolute atomic E-state index is 0.636. The number of imidazole rings is 1. The van der Waals surface area contributed by atoms with Gasteiger partial charge in [0.05, 0.1) is 6.21 Å². The molecular weight excluding hydrogens is 264 g/mol. The molecule has 6 nitrogen and oxygen atoms in total. The Balaban J connectivity index is 2.16. The van der Waals surface area contributed by atoms with Crippen LogP contribution in [-0.2, 0) is 6.54 Å². The maximum Gasteiger partial charge on any atom is 0.153 e. The van der Waals surface area contributed by atoms with Gasteiger partial charge in [-0.1, -0.05) is 23.7 Å². The molecule has 0 amide bonds. The van der Waals surface area contributed by atoms with Crippen LogP contribution in [0.2, 0.25) is 5.02 Å². The topological polar surface area (TPSA) is 83.3 Å². The van der Waals surface area contributed by atoms with Gasteiger partial charge >= 0.3 is 0 Å². The smallest absolute Gasteiger partial charge is 0.153 e. The van der Waals surface area contributed by atoms with Gasteiger partial charge in [-0.15, -0.1) is 0 Å². The summed E-state index contributed by atoms with van der Waals surface area (Å²) in [6, 6.07) is 7.62. The van der Waals surface area contributed by atoms with Crippen LogP contribution >= 0.6 is 11.6 Å².